The Hall–Kier alpha value is -2.74. The van der Waals surface area contributed by atoms with Gasteiger partial charge in [-0.3, -0.25) is 4.79 Å². The van der Waals surface area contributed by atoms with Crippen molar-refractivity contribution in [2.75, 3.05) is 30.0 Å². The second-order valence-electron chi connectivity index (χ2n) is 6.22. The molecule has 1 aliphatic rings. The number of nitrogens with two attached hydrogens (primary N) is 1. The first-order valence-electron chi connectivity index (χ1n) is 8.60. The lowest BCUT2D eigenvalue weighted by molar-refractivity contribution is -0.120. The Labute approximate surface area is 154 Å². The summed E-state index contributed by atoms with van der Waals surface area (Å²) in [4.78, 5) is 18.2. The van der Waals surface area contributed by atoms with Crippen LogP contribution in [0.2, 0.25) is 0 Å². The molecule has 2 heterocycles. The van der Waals surface area contributed by atoms with E-state index in [0.29, 0.717) is 23.0 Å². The van der Waals surface area contributed by atoms with Gasteiger partial charge < -0.3 is 25.9 Å². The van der Waals surface area contributed by atoms with Gasteiger partial charge in [0.05, 0.1) is 17.4 Å². The number of amides is 1. The van der Waals surface area contributed by atoms with E-state index in [1.165, 1.54) is 0 Å². The molecule has 3 rings (SSSR count). The maximum Gasteiger partial charge on any atom is 0.241 e. The number of pyridine rings is 1. The third-order valence-electron chi connectivity index (χ3n) is 4.36. The highest BCUT2D eigenvalue weighted by molar-refractivity contribution is 6.08. The molecule has 1 saturated heterocycles. The van der Waals surface area contributed by atoms with Crippen molar-refractivity contribution < 1.29 is 9.53 Å². The van der Waals surface area contributed by atoms with E-state index in [1.54, 1.807) is 36.3 Å². The van der Waals surface area contributed by atoms with E-state index >= 15 is 0 Å². The fraction of sp³-hybridized carbons (Fsp3) is 0.333. The van der Waals surface area contributed by atoms with Crippen molar-refractivity contribution in [3.63, 3.8) is 0 Å². The van der Waals surface area contributed by atoms with Gasteiger partial charge in [-0.05, 0) is 37.6 Å². The van der Waals surface area contributed by atoms with E-state index in [9.17, 15) is 4.79 Å². The molecule has 0 saturated carbocycles. The molecule has 7 nitrogen and oxygen atoms in total. The number of benzene rings is 1. The molecule has 1 fully saturated rings. The number of carbonyl (C=O) groups excluding carboxylic acids is 1. The van der Waals surface area contributed by atoms with Crippen LogP contribution in [0, 0.1) is 0 Å². The number of piperidine rings is 1. The minimum atomic E-state index is -0.330. The summed E-state index contributed by atoms with van der Waals surface area (Å²) < 4.78 is 5.81. The van der Waals surface area contributed by atoms with Crippen molar-refractivity contribution in [3.05, 3.63) is 36.5 Å². The highest BCUT2D eigenvalue weighted by atomic mass is 16.5. The zero-order chi connectivity index (χ0) is 18.5. The molecular formula is C18H22BN5O2. The molecule has 2 radical (unpaired) electrons. The van der Waals surface area contributed by atoms with Gasteiger partial charge in [0.15, 0.2) is 7.98 Å². The van der Waals surface area contributed by atoms with E-state index in [4.69, 9.17) is 18.5 Å². The van der Waals surface area contributed by atoms with Crippen LogP contribution in [0.15, 0.2) is 36.5 Å². The van der Waals surface area contributed by atoms with Crippen molar-refractivity contribution in [2.24, 2.45) is 0 Å². The minimum Gasteiger partial charge on any atom is -0.457 e. The Bertz CT molecular complexity index is 786. The Morgan fingerprint density at radius 1 is 1.31 bits per heavy atom. The number of rotatable bonds is 5. The number of nitrogens with one attached hydrogen (secondary N) is 2. The van der Waals surface area contributed by atoms with Crippen LogP contribution in [0.4, 0.5) is 17.2 Å². The number of aromatic nitrogens is 1. The SMILES string of the molecule is [B]N1CCCCC1C(=O)Nc1cc(Oc2ccc(NC)c(N)c2)ccn1. The zero-order valence-corrected chi connectivity index (χ0v) is 14.7. The number of hydrogen-bond acceptors (Lipinski definition) is 6. The summed E-state index contributed by atoms with van der Waals surface area (Å²) in [7, 11) is 7.72. The summed E-state index contributed by atoms with van der Waals surface area (Å²) >= 11 is 0. The molecular weight excluding hydrogens is 329 g/mol. The molecule has 0 bridgehead atoms. The van der Waals surface area contributed by atoms with E-state index < -0.39 is 0 Å². The number of nitrogen functional groups attached to an aromatic ring is 1. The van der Waals surface area contributed by atoms with E-state index in [-0.39, 0.29) is 11.9 Å². The lowest BCUT2D eigenvalue weighted by atomic mass is 9.98. The normalized spacial score (nSPS) is 17.5. The summed E-state index contributed by atoms with van der Waals surface area (Å²) in [6, 6.07) is 8.45. The first-order valence-corrected chi connectivity index (χ1v) is 8.60. The molecule has 1 amide bonds. The Kier molecular flexibility index (Phi) is 5.63. The average Bonchev–Trinajstić information content (AvgIpc) is 2.62. The van der Waals surface area contributed by atoms with Crippen LogP contribution >= 0.6 is 0 Å². The van der Waals surface area contributed by atoms with Crippen LogP contribution < -0.4 is 21.1 Å². The second kappa shape index (κ2) is 8.10. The lowest BCUT2D eigenvalue weighted by Gasteiger charge is -2.31. The average molecular weight is 351 g/mol. The smallest absolute Gasteiger partial charge is 0.241 e. The largest absolute Gasteiger partial charge is 0.457 e. The maximum atomic E-state index is 12.4. The molecule has 1 atom stereocenters. The molecule has 8 heteroatoms. The van der Waals surface area contributed by atoms with E-state index in [1.807, 2.05) is 12.1 Å². The summed E-state index contributed by atoms with van der Waals surface area (Å²) in [5.41, 5.74) is 7.37. The van der Waals surface area contributed by atoms with Gasteiger partial charge in [-0.1, -0.05) is 6.42 Å². The highest BCUT2D eigenvalue weighted by Gasteiger charge is 2.25. The van der Waals surface area contributed by atoms with Crippen molar-refractivity contribution in [1.29, 1.82) is 0 Å². The van der Waals surface area contributed by atoms with Crippen molar-refractivity contribution in [1.82, 2.24) is 9.79 Å². The number of hydrogen-bond donors (Lipinski definition) is 3. The molecule has 1 aromatic carbocycles. The number of anilines is 3. The van der Waals surface area contributed by atoms with Gasteiger partial charge in [0, 0.05) is 25.4 Å². The minimum absolute atomic E-state index is 0.153. The summed E-state index contributed by atoms with van der Waals surface area (Å²) in [5, 5.41) is 5.81. The van der Waals surface area contributed by atoms with Crippen LogP contribution in [-0.4, -0.2) is 43.3 Å². The third-order valence-corrected chi connectivity index (χ3v) is 4.36. The van der Waals surface area contributed by atoms with Crippen LogP contribution in [0.1, 0.15) is 19.3 Å². The van der Waals surface area contributed by atoms with E-state index in [0.717, 1.165) is 31.5 Å². The second-order valence-corrected chi connectivity index (χ2v) is 6.22. The molecule has 134 valence electrons. The molecule has 26 heavy (non-hydrogen) atoms. The van der Waals surface area contributed by atoms with Gasteiger partial charge in [0.25, 0.3) is 0 Å². The van der Waals surface area contributed by atoms with Gasteiger partial charge in [0.1, 0.15) is 17.3 Å². The van der Waals surface area contributed by atoms with Crippen molar-refractivity contribution in [2.45, 2.75) is 25.3 Å². The van der Waals surface area contributed by atoms with Crippen LogP contribution in [0.3, 0.4) is 0 Å². The predicted molar refractivity (Wildman–Crippen MR) is 103 cm³/mol. The predicted octanol–water partition coefficient (Wildman–Crippen LogP) is 2.37. The summed E-state index contributed by atoms with van der Waals surface area (Å²) in [6.07, 6.45) is 4.33. The molecule has 1 aliphatic heterocycles. The first-order chi connectivity index (χ1) is 12.6. The Morgan fingerprint density at radius 3 is 2.85 bits per heavy atom. The van der Waals surface area contributed by atoms with Gasteiger partial charge in [0.2, 0.25) is 5.91 Å². The lowest BCUT2D eigenvalue weighted by Crippen LogP contribution is -2.45. The van der Waals surface area contributed by atoms with Crippen LogP contribution in [-0.2, 0) is 4.79 Å². The quantitative estimate of drug-likeness (QED) is 0.566. The molecule has 1 unspecified atom stereocenters. The zero-order valence-electron chi connectivity index (χ0n) is 14.7. The van der Waals surface area contributed by atoms with Crippen LogP contribution in [0.25, 0.3) is 0 Å². The first kappa shape index (κ1) is 18.1. The standard InChI is InChI=1S/C18H22BN5O2/c1-21-15-6-5-12(10-14(15)20)26-13-7-8-22-17(11-13)23-18(25)16-4-2-3-9-24(16)19/h5-8,10-11,16,21H,2-4,9,20H2,1H3,(H,22,23,25). The molecule has 2 aromatic rings. The molecule has 0 aliphatic carbocycles. The fourth-order valence-electron chi connectivity index (χ4n) is 2.96. The van der Waals surface area contributed by atoms with Gasteiger partial charge in [-0.25, -0.2) is 4.98 Å². The van der Waals surface area contributed by atoms with Gasteiger partial charge in [-0.2, -0.15) is 0 Å². The van der Waals surface area contributed by atoms with E-state index in [2.05, 4.69) is 15.6 Å². The van der Waals surface area contributed by atoms with Gasteiger partial charge in [-0.15, -0.1) is 0 Å². The van der Waals surface area contributed by atoms with Crippen molar-refractivity contribution >= 4 is 31.1 Å². The van der Waals surface area contributed by atoms with Crippen LogP contribution in [0.5, 0.6) is 11.5 Å². The monoisotopic (exact) mass is 351 g/mol. The van der Waals surface area contributed by atoms with Crippen molar-refractivity contribution in [3.8, 4) is 11.5 Å². The fourth-order valence-corrected chi connectivity index (χ4v) is 2.96. The summed E-state index contributed by atoms with van der Waals surface area (Å²) in [5.74, 6) is 1.43. The maximum absolute atomic E-state index is 12.4. The molecule has 1 aromatic heterocycles. The Balaban J connectivity index is 1.68. The molecule has 0 spiro atoms. The van der Waals surface area contributed by atoms with Gasteiger partial charge >= 0.3 is 0 Å². The summed E-state index contributed by atoms with van der Waals surface area (Å²) in [6.45, 7) is 0.721. The topological polar surface area (TPSA) is 92.5 Å². The number of ether oxygens (including phenoxy) is 1. The highest BCUT2D eigenvalue weighted by Crippen LogP contribution is 2.28. The Morgan fingerprint density at radius 2 is 2.12 bits per heavy atom. The number of nitrogens with zero attached hydrogens (tertiary/aromatic N) is 2. The third kappa shape index (κ3) is 4.26. The number of carbonyl (C=O) groups is 1. The molecule has 4 N–H and O–H groups in total.